The fraction of sp³-hybridized carbons (Fsp3) is 0.519. The molecule has 2 aliphatic rings. The fourth-order valence-electron chi connectivity index (χ4n) is 5.04. The molecule has 2 aromatic carbocycles. The summed E-state index contributed by atoms with van der Waals surface area (Å²) in [5, 5.41) is 0. The van der Waals surface area contributed by atoms with Crippen LogP contribution in [0.4, 0.5) is 5.69 Å². The number of rotatable bonds is 8. The van der Waals surface area contributed by atoms with Crippen molar-refractivity contribution in [1.29, 1.82) is 0 Å². The Morgan fingerprint density at radius 3 is 2.34 bits per heavy atom. The van der Waals surface area contributed by atoms with Gasteiger partial charge in [0.05, 0.1) is 12.8 Å². The molecule has 0 atom stereocenters. The lowest BCUT2D eigenvalue weighted by atomic mass is 9.88. The number of nitrogens with zero attached hydrogens (tertiary/aromatic N) is 3. The predicted octanol–water partition coefficient (Wildman–Crippen LogP) is 4.43. The number of benzene rings is 2. The Morgan fingerprint density at radius 1 is 0.938 bits per heavy atom. The van der Waals surface area contributed by atoms with Crippen LogP contribution in [0.1, 0.15) is 37.7 Å². The molecule has 172 valence electrons. The first kappa shape index (κ1) is 22.7. The number of carbonyl (C=O) groups excluding carboxylic acids is 1. The Balaban J connectivity index is 1.34. The van der Waals surface area contributed by atoms with Crippen molar-refractivity contribution in [2.24, 2.45) is 5.92 Å². The molecule has 0 aromatic heterocycles. The van der Waals surface area contributed by atoms with Gasteiger partial charge in [-0.2, -0.15) is 0 Å². The van der Waals surface area contributed by atoms with Crippen molar-refractivity contribution in [3.63, 3.8) is 0 Å². The average Bonchev–Trinajstić information content (AvgIpc) is 2.87. The molecule has 0 unspecified atom stereocenters. The highest BCUT2D eigenvalue weighted by Gasteiger charge is 2.27. The van der Waals surface area contributed by atoms with Crippen molar-refractivity contribution in [3.8, 4) is 5.75 Å². The van der Waals surface area contributed by atoms with Crippen LogP contribution < -0.4 is 9.64 Å². The second kappa shape index (κ2) is 11.4. The van der Waals surface area contributed by atoms with Crippen LogP contribution in [0.2, 0.25) is 0 Å². The van der Waals surface area contributed by atoms with Gasteiger partial charge in [0.1, 0.15) is 5.75 Å². The highest BCUT2D eigenvalue weighted by Crippen LogP contribution is 2.29. The van der Waals surface area contributed by atoms with Gasteiger partial charge in [-0.15, -0.1) is 0 Å². The molecule has 0 bridgehead atoms. The van der Waals surface area contributed by atoms with Crippen LogP contribution in [0.25, 0.3) is 0 Å². The van der Waals surface area contributed by atoms with Gasteiger partial charge in [-0.05, 0) is 30.5 Å². The van der Waals surface area contributed by atoms with Crippen molar-refractivity contribution in [2.75, 3.05) is 51.3 Å². The fourth-order valence-corrected chi connectivity index (χ4v) is 5.04. The number of methoxy groups -OCH3 is 1. The quantitative estimate of drug-likeness (QED) is 0.615. The summed E-state index contributed by atoms with van der Waals surface area (Å²) in [5.41, 5.74) is 2.39. The number of hydrogen-bond donors (Lipinski definition) is 0. The second-order valence-corrected chi connectivity index (χ2v) is 9.08. The van der Waals surface area contributed by atoms with E-state index in [1.54, 1.807) is 7.11 Å². The molecule has 1 saturated heterocycles. The van der Waals surface area contributed by atoms with Gasteiger partial charge >= 0.3 is 0 Å². The number of amides is 1. The van der Waals surface area contributed by atoms with Crippen LogP contribution in [0, 0.1) is 5.92 Å². The van der Waals surface area contributed by atoms with E-state index in [1.165, 1.54) is 30.5 Å². The summed E-state index contributed by atoms with van der Waals surface area (Å²) in [6, 6.07) is 18.7. The van der Waals surface area contributed by atoms with Crippen molar-refractivity contribution in [1.82, 2.24) is 9.80 Å². The SMILES string of the molecule is COc1ccccc1N1CCN(CCN(Cc2ccccc2)C(=O)C2CCCCC2)CC1. The Bertz CT molecular complexity index is 843. The normalized spacial score (nSPS) is 17.8. The molecule has 5 nitrogen and oxygen atoms in total. The van der Waals surface area contributed by atoms with Crippen LogP contribution in [-0.2, 0) is 11.3 Å². The number of anilines is 1. The van der Waals surface area contributed by atoms with Gasteiger partial charge in [-0.3, -0.25) is 9.69 Å². The van der Waals surface area contributed by atoms with Crippen LogP contribution in [-0.4, -0.2) is 62.1 Å². The topological polar surface area (TPSA) is 36.0 Å². The number of carbonyl (C=O) groups is 1. The first-order chi connectivity index (χ1) is 15.7. The van der Waals surface area contributed by atoms with Crippen LogP contribution in [0.5, 0.6) is 5.75 Å². The summed E-state index contributed by atoms with van der Waals surface area (Å²) in [6.07, 6.45) is 5.78. The summed E-state index contributed by atoms with van der Waals surface area (Å²) in [7, 11) is 1.74. The van der Waals surface area contributed by atoms with E-state index in [0.29, 0.717) is 5.91 Å². The van der Waals surface area contributed by atoms with E-state index < -0.39 is 0 Å². The van der Waals surface area contributed by atoms with Crippen molar-refractivity contribution < 1.29 is 9.53 Å². The molecule has 2 fully saturated rings. The summed E-state index contributed by atoms with van der Waals surface area (Å²) < 4.78 is 5.55. The standard InChI is InChI=1S/C27H37N3O2/c1-32-26-15-9-8-14-25(26)29-19-16-28(17-20-29)18-21-30(22-23-10-4-2-5-11-23)27(31)24-12-6-3-7-13-24/h2,4-5,8-11,14-15,24H,3,6-7,12-13,16-22H2,1H3. The molecule has 5 heteroatoms. The third kappa shape index (κ3) is 5.83. The number of hydrogen-bond acceptors (Lipinski definition) is 4. The van der Waals surface area contributed by atoms with Gasteiger partial charge in [-0.25, -0.2) is 0 Å². The van der Waals surface area contributed by atoms with Crippen molar-refractivity contribution >= 4 is 11.6 Å². The zero-order valence-electron chi connectivity index (χ0n) is 19.4. The maximum Gasteiger partial charge on any atom is 0.226 e. The monoisotopic (exact) mass is 435 g/mol. The molecule has 0 spiro atoms. The van der Waals surface area contributed by atoms with E-state index in [0.717, 1.165) is 64.4 Å². The molecule has 1 aliphatic heterocycles. The molecule has 0 N–H and O–H groups in total. The first-order valence-electron chi connectivity index (χ1n) is 12.2. The van der Waals surface area contributed by atoms with E-state index in [1.807, 2.05) is 18.2 Å². The molecular weight excluding hydrogens is 398 g/mol. The minimum Gasteiger partial charge on any atom is -0.495 e. The van der Waals surface area contributed by atoms with Crippen molar-refractivity contribution in [2.45, 2.75) is 38.6 Å². The maximum atomic E-state index is 13.4. The molecule has 1 heterocycles. The largest absolute Gasteiger partial charge is 0.495 e. The van der Waals surface area contributed by atoms with E-state index in [4.69, 9.17) is 4.74 Å². The summed E-state index contributed by atoms with van der Waals surface area (Å²) >= 11 is 0. The van der Waals surface area contributed by atoms with Gasteiger partial charge in [0, 0.05) is 51.7 Å². The van der Waals surface area contributed by atoms with E-state index in [-0.39, 0.29) is 5.92 Å². The first-order valence-corrected chi connectivity index (χ1v) is 12.2. The summed E-state index contributed by atoms with van der Waals surface area (Å²) in [5.74, 6) is 1.52. The average molecular weight is 436 g/mol. The number of para-hydroxylation sites is 2. The molecule has 0 radical (unpaired) electrons. The Kier molecular flexibility index (Phi) is 8.05. The number of ether oxygens (including phenoxy) is 1. The third-order valence-corrected chi connectivity index (χ3v) is 6.97. The zero-order valence-corrected chi connectivity index (χ0v) is 19.4. The molecule has 1 saturated carbocycles. The summed E-state index contributed by atoms with van der Waals surface area (Å²) in [6.45, 7) is 6.44. The van der Waals surface area contributed by atoms with Crippen LogP contribution in [0.3, 0.4) is 0 Å². The lowest BCUT2D eigenvalue weighted by molar-refractivity contribution is -0.137. The molecular formula is C27H37N3O2. The molecule has 1 amide bonds. The van der Waals surface area contributed by atoms with Gasteiger partial charge in [0.25, 0.3) is 0 Å². The Labute approximate surface area is 193 Å². The minimum absolute atomic E-state index is 0.217. The highest BCUT2D eigenvalue weighted by molar-refractivity contribution is 5.79. The molecule has 1 aliphatic carbocycles. The van der Waals surface area contributed by atoms with Crippen LogP contribution in [0.15, 0.2) is 54.6 Å². The van der Waals surface area contributed by atoms with Crippen molar-refractivity contribution in [3.05, 3.63) is 60.2 Å². The molecule has 2 aromatic rings. The van der Waals surface area contributed by atoms with Gasteiger partial charge < -0.3 is 14.5 Å². The summed E-state index contributed by atoms with van der Waals surface area (Å²) in [4.78, 5) is 20.4. The Hall–Kier alpha value is -2.53. The predicted molar refractivity (Wildman–Crippen MR) is 130 cm³/mol. The van der Waals surface area contributed by atoms with Gasteiger partial charge in [-0.1, -0.05) is 61.7 Å². The lowest BCUT2D eigenvalue weighted by Crippen LogP contribution is -2.49. The second-order valence-electron chi connectivity index (χ2n) is 9.08. The third-order valence-electron chi connectivity index (χ3n) is 6.97. The maximum absolute atomic E-state index is 13.4. The zero-order chi connectivity index (χ0) is 22.2. The van der Waals surface area contributed by atoms with E-state index in [9.17, 15) is 4.79 Å². The van der Waals surface area contributed by atoms with E-state index >= 15 is 0 Å². The lowest BCUT2D eigenvalue weighted by Gasteiger charge is -2.38. The highest BCUT2D eigenvalue weighted by atomic mass is 16.5. The molecule has 32 heavy (non-hydrogen) atoms. The Morgan fingerprint density at radius 2 is 1.62 bits per heavy atom. The van der Waals surface area contributed by atoms with Gasteiger partial charge in [0.2, 0.25) is 5.91 Å². The van der Waals surface area contributed by atoms with Gasteiger partial charge in [0.15, 0.2) is 0 Å². The number of piperazine rings is 1. The van der Waals surface area contributed by atoms with E-state index in [2.05, 4.69) is 51.1 Å². The minimum atomic E-state index is 0.217. The molecule has 4 rings (SSSR count). The smallest absolute Gasteiger partial charge is 0.226 e. The van der Waals surface area contributed by atoms with Crippen LogP contribution >= 0.6 is 0 Å².